The first-order valence-electron chi connectivity index (χ1n) is 8.58. The lowest BCUT2D eigenvalue weighted by atomic mass is 10.1. The number of hydrogen-bond acceptors (Lipinski definition) is 5. The third-order valence-electron chi connectivity index (χ3n) is 3.92. The fourth-order valence-corrected chi connectivity index (χ4v) is 2.53. The van der Waals surface area contributed by atoms with Gasteiger partial charge in [-0.2, -0.15) is 0 Å². The SMILES string of the molecule is CCOc1ccc(-c2cc(=O)n(CC(=O)Nc3ncccc3C)cn2)cc1. The Bertz CT molecular complexity index is 997. The summed E-state index contributed by atoms with van der Waals surface area (Å²) in [6, 6.07) is 12.4. The van der Waals surface area contributed by atoms with E-state index in [1.165, 1.54) is 17.0 Å². The molecule has 0 bridgehead atoms. The van der Waals surface area contributed by atoms with Crippen molar-refractivity contribution in [3.8, 4) is 17.0 Å². The van der Waals surface area contributed by atoms with E-state index in [1.54, 1.807) is 12.3 Å². The van der Waals surface area contributed by atoms with Crippen LogP contribution in [0.4, 0.5) is 5.82 Å². The van der Waals surface area contributed by atoms with Gasteiger partial charge in [-0.15, -0.1) is 0 Å². The zero-order chi connectivity index (χ0) is 19.2. The van der Waals surface area contributed by atoms with Crippen LogP contribution in [0.1, 0.15) is 12.5 Å². The van der Waals surface area contributed by atoms with Gasteiger partial charge in [0.05, 0.1) is 18.6 Å². The fraction of sp³-hybridized carbons (Fsp3) is 0.200. The number of amides is 1. The smallest absolute Gasteiger partial charge is 0.254 e. The van der Waals surface area contributed by atoms with Crippen LogP contribution in [0.5, 0.6) is 5.75 Å². The second-order valence-corrected chi connectivity index (χ2v) is 5.91. The quantitative estimate of drug-likeness (QED) is 0.727. The third kappa shape index (κ3) is 4.58. The zero-order valence-corrected chi connectivity index (χ0v) is 15.2. The van der Waals surface area contributed by atoms with Gasteiger partial charge in [0.15, 0.2) is 0 Å². The highest BCUT2D eigenvalue weighted by Gasteiger charge is 2.09. The second-order valence-electron chi connectivity index (χ2n) is 5.91. The second kappa shape index (κ2) is 8.27. The number of aromatic nitrogens is 3. The molecule has 0 atom stereocenters. The molecule has 0 unspecified atom stereocenters. The van der Waals surface area contributed by atoms with Gasteiger partial charge in [-0.05, 0) is 49.7 Å². The summed E-state index contributed by atoms with van der Waals surface area (Å²) in [6.07, 6.45) is 2.97. The van der Waals surface area contributed by atoms with Crippen LogP contribution < -0.4 is 15.6 Å². The third-order valence-corrected chi connectivity index (χ3v) is 3.92. The molecule has 0 aliphatic heterocycles. The molecule has 2 heterocycles. The number of carbonyl (C=O) groups is 1. The average molecular weight is 364 g/mol. The van der Waals surface area contributed by atoms with Crippen molar-refractivity contribution in [2.75, 3.05) is 11.9 Å². The van der Waals surface area contributed by atoms with Gasteiger partial charge in [-0.25, -0.2) is 9.97 Å². The Morgan fingerprint density at radius 2 is 1.96 bits per heavy atom. The topological polar surface area (TPSA) is 86.1 Å². The van der Waals surface area contributed by atoms with Crippen molar-refractivity contribution in [2.24, 2.45) is 0 Å². The van der Waals surface area contributed by atoms with E-state index in [-0.39, 0.29) is 18.0 Å². The standard InChI is InChI=1S/C20H20N4O3/c1-3-27-16-8-6-15(7-9-16)17-11-19(26)24(13-22-17)12-18(25)23-20-14(2)5-4-10-21-20/h4-11,13H,3,12H2,1-2H3,(H,21,23,25). The van der Waals surface area contributed by atoms with Crippen LogP contribution in [0.25, 0.3) is 11.3 Å². The maximum Gasteiger partial charge on any atom is 0.254 e. The Hall–Kier alpha value is -3.48. The number of benzene rings is 1. The minimum Gasteiger partial charge on any atom is -0.494 e. The van der Waals surface area contributed by atoms with Gasteiger partial charge in [0, 0.05) is 17.8 Å². The Labute approximate surface area is 156 Å². The molecule has 0 saturated heterocycles. The number of rotatable bonds is 6. The summed E-state index contributed by atoms with van der Waals surface area (Å²) in [4.78, 5) is 32.9. The molecule has 7 heteroatoms. The van der Waals surface area contributed by atoms with E-state index in [0.29, 0.717) is 18.1 Å². The molecular formula is C20H20N4O3. The van der Waals surface area contributed by atoms with Crippen LogP contribution in [0.2, 0.25) is 0 Å². The molecule has 3 aromatic rings. The lowest BCUT2D eigenvalue weighted by Gasteiger charge is -2.09. The van der Waals surface area contributed by atoms with Crippen LogP contribution in [0, 0.1) is 6.92 Å². The van der Waals surface area contributed by atoms with E-state index >= 15 is 0 Å². The zero-order valence-electron chi connectivity index (χ0n) is 15.2. The number of hydrogen-bond donors (Lipinski definition) is 1. The van der Waals surface area contributed by atoms with Crippen molar-refractivity contribution in [3.63, 3.8) is 0 Å². The van der Waals surface area contributed by atoms with Gasteiger partial charge in [0.2, 0.25) is 5.91 Å². The molecule has 0 radical (unpaired) electrons. The van der Waals surface area contributed by atoms with Crippen LogP contribution in [-0.2, 0) is 11.3 Å². The molecule has 3 rings (SSSR count). The van der Waals surface area contributed by atoms with E-state index in [1.807, 2.05) is 44.2 Å². The van der Waals surface area contributed by atoms with Crippen molar-refractivity contribution in [2.45, 2.75) is 20.4 Å². The van der Waals surface area contributed by atoms with Gasteiger partial charge < -0.3 is 10.1 Å². The molecule has 0 fully saturated rings. The number of aryl methyl sites for hydroxylation is 1. The van der Waals surface area contributed by atoms with Crippen LogP contribution in [0.15, 0.2) is 59.8 Å². The first-order valence-corrected chi connectivity index (χ1v) is 8.58. The maximum atomic E-state index is 12.3. The van der Waals surface area contributed by atoms with Crippen LogP contribution >= 0.6 is 0 Å². The van der Waals surface area contributed by atoms with Gasteiger partial charge in [0.25, 0.3) is 5.56 Å². The summed E-state index contributed by atoms with van der Waals surface area (Å²) in [6.45, 7) is 4.22. The van der Waals surface area contributed by atoms with Crippen LogP contribution in [0.3, 0.4) is 0 Å². The summed E-state index contributed by atoms with van der Waals surface area (Å²) >= 11 is 0. The highest BCUT2D eigenvalue weighted by atomic mass is 16.5. The predicted octanol–water partition coefficient (Wildman–Crippen LogP) is 2.65. The molecule has 0 saturated carbocycles. The lowest BCUT2D eigenvalue weighted by molar-refractivity contribution is -0.116. The van der Waals surface area contributed by atoms with Gasteiger partial charge >= 0.3 is 0 Å². The van der Waals surface area contributed by atoms with Gasteiger partial charge in [-0.1, -0.05) is 6.07 Å². The van der Waals surface area contributed by atoms with Crippen molar-refractivity contribution in [1.82, 2.24) is 14.5 Å². The largest absolute Gasteiger partial charge is 0.494 e. The molecule has 0 aliphatic carbocycles. The Kier molecular flexibility index (Phi) is 5.61. The molecule has 1 aromatic carbocycles. The maximum absolute atomic E-state index is 12.3. The Morgan fingerprint density at radius 3 is 2.63 bits per heavy atom. The van der Waals surface area contributed by atoms with Gasteiger partial charge in [0.1, 0.15) is 18.1 Å². The lowest BCUT2D eigenvalue weighted by Crippen LogP contribution is -2.27. The first kappa shape index (κ1) is 18.3. The minimum atomic E-state index is -0.338. The van der Waals surface area contributed by atoms with Crippen molar-refractivity contribution in [1.29, 1.82) is 0 Å². The molecule has 27 heavy (non-hydrogen) atoms. The van der Waals surface area contributed by atoms with E-state index in [9.17, 15) is 9.59 Å². The van der Waals surface area contributed by atoms with Crippen LogP contribution in [-0.4, -0.2) is 27.0 Å². The molecule has 0 spiro atoms. The molecule has 7 nitrogen and oxygen atoms in total. The molecule has 2 aromatic heterocycles. The minimum absolute atomic E-state index is 0.134. The summed E-state index contributed by atoms with van der Waals surface area (Å²) in [7, 11) is 0. The van der Waals surface area contributed by atoms with E-state index < -0.39 is 0 Å². The number of pyridine rings is 1. The number of carbonyl (C=O) groups excluding carboxylic acids is 1. The van der Waals surface area contributed by atoms with E-state index in [2.05, 4.69) is 15.3 Å². The summed E-state index contributed by atoms with van der Waals surface area (Å²) in [5.74, 6) is 0.903. The highest BCUT2D eigenvalue weighted by molar-refractivity contribution is 5.90. The summed E-state index contributed by atoms with van der Waals surface area (Å²) in [5.41, 5.74) is 1.89. The molecule has 0 aliphatic rings. The number of ether oxygens (including phenoxy) is 1. The predicted molar refractivity (Wildman–Crippen MR) is 103 cm³/mol. The molecule has 1 N–H and O–H groups in total. The average Bonchev–Trinajstić information content (AvgIpc) is 2.66. The van der Waals surface area contributed by atoms with E-state index in [4.69, 9.17) is 4.74 Å². The molecule has 1 amide bonds. The fourth-order valence-electron chi connectivity index (χ4n) is 2.53. The van der Waals surface area contributed by atoms with Crippen molar-refractivity contribution >= 4 is 11.7 Å². The number of anilines is 1. The van der Waals surface area contributed by atoms with Crippen molar-refractivity contribution < 1.29 is 9.53 Å². The summed E-state index contributed by atoms with van der Waals surface area (Å²) in [5, 5.41) is 2.70. The van der Waals surface area contributed by atoms with E-state index in [0.717, 1.165) is 16.9 Å². The monoisotopic (exact) mass is 364 g/mol. The summed E-state index contributed by atoms with van der Waals surface area (Å²) < 4.78 is 6.66. The number of nitrogens with zero attached hydrogens (tertiary/aromatic N) is 3. The molecule has 138 valence electrons. The highest BCUT2D eigenvalue weighted by Crippen LogP contribution is 2.19. The van der Waals surface area contributed by atoms with Crippen molar-refractivity contribution in [3.05, 3.63) is 70.9 Å². The van der Waals surface area contributed by atoms with Gasteiger partial charge in [-0.3, -0.25) is 14.2 Å². The number of nitrogens with one attached hydrogen (secondary N) is 1. The molecular weight excluding hydrogens is 344 g/mol. The Morgan fingerprint density at radius 1 is 1.19 bits per heavy atom. The Balaban J connectivity index is 1.72. The first-order chi connectivity index (χ1) is 13.1. The normalized spacial score (nSPS) is 10.4.